The second kappa shape index (κ2) is 56.4. The summed E-state index contributed by atoms with van der Waals surface area (Å²) in [5.41, 5.74) is 11.0. The normalized spacial score (nSPS) is 11.7. The number of sulfone groups is 2. The van der Waals surface area contributed by atoms with Gasteiger partial charge in [0, 0.05) is 133 Å². The highest BCUT2D eigenvalue weighted by Gasteiger charge is 2.28. The van der Waals surface area contributed by atoms with Gasteiger partial charge < -0.3 is 9.47 Å². The topological polar surface area (TPSA) is 351 Å². The van der Waals surface area contributed by atoms with Crippen LogP contribution in [0.25, 0.3) is 0 Å². The van der Waals surface area contributed by atoms with Gasteiger partial charge in [0.05, 0.1) is 123 Å². The summed E-state index contributed by atoms with van der Waals surface area (Å²) in [4.78, 5) is 62.4. The fourth-order valence-electron chi connectivity index (χ4n) is 11.3. The number of aromatic nitrogens is 15. The largest absolute Gasteiger partial charge is 0.494 e. The van der Waals surface area contributed by atoms with Gasteiger partial charge in [-0.15, -0.1) is 0 Å². The molecule has 0 saturated heterocycles. The Bertz CT molecular complexity index is 5790. The lowest BCUT2D eigenvalue weighted by Crippen LogP contribution is -2.16. The maximum Gasteiger partial charge on any atom is 0.231 e. The smallest absolute Gasteiger partial charge is 0.231 e. The molecule has 0 saturated carbocycles. The second-order valence-electron chi connectivity index (χ2n) is 46.5. The minimum Gasteiger partial charge on any atom is -0.494 e. The molecule has 0 amide bonds. The fraction of sp³-hybridized carbons (Fsp3) is 0.474. The van der Waals surface area contributed by atoms with Gasteiger partial charge in [-0.25, -0.2) is 74.9 Å². The van der Waals surface area contributed by atoms with E-state index in [-0.39, 0.29) is 75.7 Å². The maximum atomic E-state index is 13.0. The monoisotopic (exact) mass is 2100 g/mol. The molecule has 0 spiro atoms. The van der Waals surface area contributed by atoms with Crippen LogP contribution in [-0.2, 0) is 84.7 Å². The third-order valence-corrected chi connectivity index (χ3v) is 22.7. The molecule has 3 aromatic carbocycles. The molecule has 0 aliphatic carbocycles. The number of hydrogen-bond donors (Lipinski definition) is 0. The number of hydrogen-bond acceptors (Lipinski definition) is 24. The van der Waals surface area contributed by atoms with E-state index in [0.29, 0.717) is 59.7 Å². The predicted molar refractivity (Wildman–Crippen MR) is 586 cm³/mol. The standard InChI is InChI=1S/C12H12N2.C11H15ClO2S.C11H15FO2S.C10H12N2.C9H12ClN.C9H12FN.2C9H14N2O.2C9H14N2.C8H11ClN2.C8H11FN2/c1-12(2,3)11-5-4-9(7-13)6-10(11)8-14;2*1-11(2,3)9-6-5-8(12)7-10(9)15(4,13)14;1-10(2,3)9-5-4-8(6-11)7-12-9;2*1-9(2,3)8-5-4-7(10)6-11-8;1-9(2,3)7-5-11-8(12-4)6-10-7;1-9(2,3)8-10-5-7(12-4)6-11-8;1-7-5-11-8(6-10-7)9(2,3)4;1-7-5-10-8(11-6-7)9(2,3)4;2*1-8(2,3)7-10-4-6(9)5-11-7/h4-6H,1-3H3;2*5-7H,1-4H3;4-5,7H,1-3H3;2*4-6H,1-3H3;2*5-6H,1-4H3;2*5-6H,1-4H3;2*4-5H,1-3H3. The fourth-order valence-corrected chi connectivity index (χ4v) is 14.0. The van der Waals surface area contributed by atoms with Gasteiger partial charge in [-0.2, -0.15) is 15.8 Å². The Kier molecular flexibility index (Phi) is 51.1. The number of methoxy groups -OCH3 is 2. The summed E-state index contributed by atoms with van der Waals surface area (Å²) in [6.07, 6.45) is 26.6. The van der Waals surface area contributed by atoms with E-state index in [1.54, 1.807) is 106 Å². The first-order chi connectivity index (χ1) is 66.3. The third kappa shape index (κ3) is 51.0. The van der Waals surface area contributed by atoms with Crippen LogP contribution in [0.5, 0.6) is 11.6 Å². The first kappa shape index (κ1) is 132. The number of ether oxygens (including phenoxy) is 2. The molecule has 12 aromatic rings. The van der Waals surface area contributed by atoms with Crippen molar-refractivity contribution in [3.8, 4) is 29.8 Å². The Hall–Kier alpha value is -11.8. The molecule has 0 radical (unpaired) electrons. The van der Waals surface area contributed by atoms with Crippen LogP contribution in [0.15, 0.2) is 194 Å². The quantitative estimate of drug-likeness (QED) is 0.158. The molecule has 792 valence electrons. The van der Waals surface area contributed by atoms with Crippen LogP contribution in [0.2, 0.25) is 15.1 Å². The number of pyridine rings is 3. The average molecular weight is 2100 g/mol. The molecule has 0 fully saturated rings. The van der Waals surface area contributed by atoms with Crippen LogP contribution >= 0.6 is 34.8 Å². The number of nitrogens with zero attached hydrogens (tertiary/aromatic N) is 18. The van der Waals surface area contributed by atoms with E-state index < -0.39 is 31.3 Å². The first-order valence-electron chi connectivity index (χ1n) is 47.2. The van der Waals surface area contributed by atoms with Crippen LogP contribution in [-0.4, -0.2) is 118 Å². The van der Waals surface area contributed by atoms with Crippen molar-refractivity contribution >= 4 is 54.5 Å². The molecule has 12 rings (SSSR count). The highest BCUT2D eigenvalue weighted by Crippen LogP contribution is 2.34. The number of benzene rings is 3. The molecule has 9 heterocycles. The van der Waals surface area contributed by atoms with Crippen LogP contribution in [0.3, 0.4) is 0 Å². The summed E-state index contributed by atoms with van der Waals surface area (Å²) in [6.45, 7) is 78.0. The Labute approximate surface area is 885 Å². The molecule has 0 aliphatic heterocycles. The molecule has 0 atom stereocenters. The predicted octanol–water partition coefficient (Wildman–Crippen LogP) is 28.2. The number of halogens is 6. The molecular formula is C114H156Cl3F3N18O6S2. The van der Waals surface area contributed by atoms with Crippen molar-refractivity contribution in [3.63, 3.8) is 0 Å². The summed E-state index contributed by atoms with van der Waals surface area (Å²) in [5.74, 6) is 3.29. The van der Waals surface area contributed by atoms with Crippen molar-refractivity contribution in [2.75, 3.05) is 26.7 Å². The third-order valence-electron chi connectivity index (χ3n) is 19.8. The second-order valence-corrected chi connectivity index (χ2v) is 51.8. The molecule has 0 N–H and O–H groups in total. The van der Waals surface area contributed by atoms with E-state index in [4.69, 9.17) is 60.1 Å². The van der Waals surface area contributed by atoms with E-state index >= 15 is 0 Å². The van der Waals surface area contributed by atoms with Crippen LogP contribution in [0, 0.1) is 65.3 Å². The zero-order valence-electron chi connectivity index (χ0n) is 93.9. The number of aryl methyl sites for hydroxylation is 2. The van der Waals surface area contributed by atoms with Crippen LogP contribution in [0.4, 0.5) is 13.2 Å². The summed E-state index contributed by atoms with van der Waals surface area (Å²) >= 11 is 17.1. The molecule has 0 aliphatic rings. The lowest BCUT2D eigenvalue weighted by molar-refractivity contribution is 0.393. The maximum absolute atomic E-state index is 13.0. The van der Waals surface area contributed by atoms with E-state index in [2.05, 4.69) is 247 Å². The Morgan fingerprint density at radius 3 is 0.918 bits per heavy atom. The molecule has 0 unspecified atom stereocenters. The summed E-state index contributed by atoms with van der Waals surface area (Å²) in [7, 11) is -3.41. The lowest BCUT2D eigenvalue weighted by Gasteiger charge is -2.22. The van der Waals surface area contributed by atoms with Crippen molar-refractivity contribution in [3.05, 3.63) is 313 Å². The summed E-state index contributed by atoms with van der Waals surface area (Å²) in [6, 6.07) is 31.0. The molecule has 9 aromatic heterocycles. The average Bonchev–Trinajstić information content (AvgIpc) is 0.794. The molecule has 0 bridgehead atoms. The van der Waals surface area contributed by atoms with Gasteiger partial charge in [0.1, 0.15) is 41.0 Å². The van der Waals surface area contributed by atoms with Gasteiger partial charge in [0.15, 0.2) is 31.2 Å². The zero-order chi connectivity index (χ0) is 113. The van der Waals surface area contributed by atoms with Crippen molar-refractivity contribution in [1.29, 1.82) is 15.8 Å². The van der Waals surface area contributed by atoms with Crippen molar-refractivity contribution in [2.45, 2.75) is 338 Å². The molecule has 32 heteroatoms. The Morgan fingerprint density at radius 1 is 0.274 bits per heavy atom. The minimum atomic E-state index is -3.38. The van der Waals surface area contributed by atoms with E-state index in [1.165, 1.54) is 49.1 Å². The highest BCUT2D eigenvalue weighted by molar-refractivity contribution is 7.91. The van der Waals surface area contributed by atoms with Crippen LogP contribution < -0.4 is 9.47 Å². The summed E-state index contributed by atoms with van der Waals surface area (Å²) < 4.78 is 93.8. The van der Waals surface area contributed by atoms with Gasteiger partial charge in [0.2, 0.25) is 5.88 Å². The lowest BCUT2D eigenvalue weighted by atomic mass is 9.83. The number of nitriles is 3. The van der Waals surface area contributed by atoms with Crippen molar-refractivity contribution in [1.82, 2.24) is 74.8 Å². The van der Waals surface area contributed by atoms with Crippen LogP contribution in [0.1, 0.15) is 346 Å². The van der Waals surface area contributed by atoms with Crippen molar-refractivity contribution in [2.24, 2.45) is 0 Å². The Morgan fingerprint density at radius 2 is 0.596 bits per heavy atom. The number of rotatable bonds is 4. The van der Waals surface area contributed by atoms with Gasteiger partial charge in [-0.05, 0) is 125 Å². The first-order valence-corrected chi connectivity index (χ1v) is 52.1. The highest BCUT2D eigenvalue weighted by atomic mass is 35.5. The minimum absolute atomic E-state index is 0.00455. The Balaban J connectivity index is 0.000000798. The molecule has 146 heavy (non-hydrogen) atoms. The summed E-state index contributed by atoms with van der Waals surface area (Å²) in [5, 5.41) is 27.9. The van der Waals surface area contributed by atoms with Crippen molar-refractivity contribution < 1.29 is 39.5 Å². The van der Waals surface area contributed by atoms with Gasteiger partial charge in [0.25, 0.3) is 0 Å². The van der Waals surface area contributed by atoms with E-state index in [1.807, 2.05) is 152 Å². The van der Waals surface area contributed by atoms with E-state index in [9.17, 15) is 30.0 Å². The van der Waals surface area contributed by atoms with Gasteiger partial charge >= 0.3 is 0 Å². The SMILES string of the molecule is CC(C)(C)c1ccc(C#N)cc1C#N.CC(C)(C)c1ccc(C#N)cn1.CC(C)(C)c1ccc(Cl)cc1S(C)(=O)=O.CC(C)(C)c1ccc(Cl)cn1.CC(C)(C)c1ccc(F)cc1S(C)(=O)=O.CC(C)(C)c1ccc(F)cn1.CC(C)(C)c1ncc(Cl)cn1.CC(C)(C)c1ncc(F)cn1.COc1cnc(C(C)(C)C)cn1.COc1cnc(C(C)(C)C)nc1.Cc1cnc(C(C)(C)C)cn1.Cc1cnc(C(C)(C)C)nc1. The molecule has 24 nitrogen and oxygen atoms in total. The zero-order valence-corrected chi connectivity index (χ0v) is 97.8. The van der Waals surface area contributed by atoms with Gasteiger partial charge in [-0.1, -0.05) is 302 Å². The van der Waals surface area contributed by atoms with E-state index in [0.717, 1.165) is 80.6 Å². The molecular weight excluding hydrogens is 1940 g/mol. The van der Waals surface area contributed by atoms with Gasteiger partial charge in [-0.3, -0.25) is 29.9 Å².